The van der Waals surface area contributed by atoms with Crippen molar-refractivity contribution in [2.45, 2.75) is 6.42 Å². The van der Waals surface area contributed by atoms with Gasteiger partial charge >= 0.3 is 17.9 Å². The number of carbonyl (C=O) groups excluding carboxylic acids is 2. The summed E-state index contributed by atoms with van der Waals surface area (Å²) in [7, 11) is 0. The first-order valence-corrected chi connectivity index (χ1v) is 4.55. The third kappa shape index (κ3) is 6.91. The van der Waals surface area contributed by atoms with Crippen LogP contribution in [0.5, 0.6) is 0 Å². The molecule has 0 atom stereocenters. The number of ether oxygens (including phenoxy) is 1. The molecule has 0 saturated heterocycles. The van der Waals surface area contributed by atoms with Gasteiger partial charge in [0.2, 0.25) is 0 Å². The fourth-order valence-corrected chi connectivity index (χ4v) is 0.786. The molecule has 0 radical (unpaired) electrons. The zero-order valence-electron chi connectivity index (χ0n) is 8.59. The van der Waals surface area contributed by atoms with Gasteiger partial charge in [-0.05, 0) is 6.08 Å². The van der Waals surface area contributed by atoms with Crippen molar-refractivity contribution in [3.05, 3.63) is 36.6 Å². The third-order valence-corrected chi connectivity index (χ3v) is 1.51. The Kier molecular flexibility index (Phi) is 7.12. The molecule has 0 rings (SSSR count). The summed E-state index contributed by atoms with van der Waals surface area (Å²) < 4.78 is 8.28. The number of carboxylic acids is 1. The predicted molar refractivity (Wildman–Crippen MR) is 57.7 cm³/mol. The van der Waals surface area contributed by atoms with E-state index in [0.717, 1.165) is 6.26 Å². The van der Waals surface area contributed by atoms with Crippen molar-refractivity contribution in [1.29, 1.82) is 0 Å². The highest BCUT2D eigenvalue weighted by molar-refractivity contribution is 6.15. The molecule has 1 N–H and O–H groups in total. The van der Waals surface area contributed by atoms with Gasteiger partial charge in [-0.2, -0.15) is 0 Å². The maximum atomic E-state index is 11.3. The number of allylic oxidation sites excluding steroid dienone is 2. The lowest BCUT2D eigenvalue weighted by Crippen LogP contribution is -2.11. The van der Waals surface area contributed by atoms with Crippen molar-refractivity contribution in [1.82, 2.24) is 0 Å². The van der Waals surface area contributed by atoms with Crippen molar-refractivity contribution in [2.24, 2.45) is 0 Å². The monoisotopic (exact) mass is 260 g/mol. The highest BCUT2D eigenvalue weighted by atomic mass is 35.5. The molecule has 0 fully saturated rings. The van der Waals surface area contributed by atoms with Gasteiger partial charge in [-0.1, -0.05) is 12.7 Å². The molecule has 0 amide bonds. The van der Waals surface area contributed by atoms with E-state index in [-0.39, 0.29) is 0 Å². The minimum Gasteiger partial charge on any atom is -0.481 e. The van der Waals surface area contributed by atoms with E-state index in [1.54, 1.807) is 0 Å². The van der Waals surface area contributed by atoms with E-state index >= 15 is 0 Å². The Morgan fingerprint density at radius 3 is 2.47 bits per heavy atom. The number of aliphatic carboxylic acids is 1. The molecule has 0 bridgehead atoms. The molecule has 92 valence electrons. The largest absolute Gasteiger partial charge is 0.481 e. The van der Waals surface area contributed by atoms with Gasteiger partial charge in [0.1, 0.15) is 11.9 Å². The van der Waals surface area contributed by atoms with Crippen molar-refractivity contribution in [3.8, 4) is 0 Å². The molecule has 0 spiro atoms. The number of carboxylic acid groups (broad SMARTS) is 1. The topological polar surface area (TPSA) is 89.9 Å². The molecule has 17 heavy (non-hydrogen) atoms. The third-order valence-electron chi connectivity index (χ3n) is 1.36. The normalized spacial score (nSPS) is 11.0. The molecule has 6 nitrogen and oxygen atoms in total. The quantitative estimate of drug-likeness (QED) is 0.335. The van der Waals surface area contributed by atoms with E-state index in [4.69, 9.17) is 17.0 Å². The van der Waals surface area contributed by atoms with Crippen LogP contribution in [-0.4, -0.2) is 23.0 Å². The number of hydrogen-bond donors (Lipinski definition) is 1. The minimum absolute atomic E-state index is 0.392. The van der Waals surface area contributed by atoms with E-state index in [1.165, 1.54) is 12.2 Å². The first kappa shape index (κ1) is 14.9. The lowest BCUT2D eigenvalue weighted by atomic mass is 10.2. The highest BCUT2D eigenvalue weighted by Crippen LogP contribution is 2.06. The standard InChI is InChI=1S/C10H9ClO6/c1-2-3-4-16-10(15)7(5-8(12)13)6-9(14)17-11/h2-4,6H,1,5H2,(H,12,13)/b4-3?,7-6-. The molecule has 0 aliphatic carbocycles. The summed E-state index contributed by atoms with van der Waals surface area (Å²) in [6.45, 7) is 3.33. The Morgan fingerprint density at radius 1 is 1.35 bits per heavy atom. The summed E-state index contributed by atoms with van der Waals surface area (Å²) in [5.74, 6) is -3.36. The smallest absolute Gasteiger partial charge is 0.349 e. The van der Waals surface area contributed by atoms with Crippen molar-refractivity contribution in [3.63, 3.8) is 0 Å². The lowest BCUT2D eigenvalue weighted by Gasteiger charge is -2.01. The van der Waals surface area contributed by atoms with Gasteiger partial charge in [0, 0.05) is 6.08 Å². The molecule has 0 aromatic carbocycles. The Hall–Kier alpha value is -2.08. The molecule has 0 aliphatic rings. The van der Waals surface area contributed by atoms with Crippen LogP contribution < -0.4 is 0 Å². The summed E-state index contributed by atoms with van der Waals surface area (Å²) in [6.07, 6.45) is 3.62. The van der Waals surface area contributed by atoms with Gasteiger partial charge < -0.3 is 14.1 Å². The van der Waals surface area contributed by atoms with Gasteiger partial charge in [0.25, 0.3) is 0 Å². The fraction of sp³-hybridized carbons (Fsp3) is 0.100. The summed E-state index contributed by atoms with van der Waals surface area (Å²) in [5, 5.41) is 8.52. The molecular weight excluding hydrogens is 252 g/mol. The lowest BCUT2D eigenvalue weighted by molar-refractivity contribution is -0.140. The Bertz CT molecular complexity index is 382. The SMILES string of the molecule is C=CC=COC(=O)/C(=C\C(=O)OCl)CC(=O)O. The Balaban J connectivity index is 4.79. The molecular formula is C10H9ClO6. The van der Waals surface area contributed by atoms with Crippen LogP contribution in [0.15, 0.2) is 36.6 Å². The van der Waals surface area contributed by atoms with Crippen LogP contribution in [-0.2, 0) is 23.4 Å². The van der Waals surface area contributed by atoms with Crippen LogP contribution in [0.4, 0.5) is 0 Å². The van der Waals surface area contributed by atoms with Crippen LogP contribution in [0.2, 0.25) is 0 Å². The first-order valence-electron chi connectivity index (χ1n) is 4.24. The van der Waals surface area contributed by atoms with Crippen LogP contribution in [0.1, 0.15) is 6.42 Å². The van der Waals surface area contributed by atoms with Gasteiger partial charge in [-0.3, -0.25) is 4.79 Å². The number of halogens is 1. The van der Waals surface area contributed by atoms with E-state index in [1.807, 2.05) is 0 Å². The number of rotatable bonds is 6. The highest BCUT2D eigenvalue weighted by Gasteiger charge is 2.16. The summed E-state index contributed by atoms with van der Waals surface area (Å²) in [5.41, 5.74) is -0.392. The van der Waals surface area contributed by atoms with E-state index in [0.29, 0.717) is 6.08 Å². The van der Waals surface area contributed by atoms with Gasteiger partial charge in [0.15, 0.2) is 0 Å². The molecule has 7 heteroatoms. The molecule has 0 unspecified atom stereocenters. The maximum absolute atomic E-state index is 11.3. The van der Waals surface area contributed by atoms with Crippen LogP contribution >= 0.6 is 11.9 Å². The first-order chi connectivity index (χ1) is 8.01. The molecule has 0 heterocycles. The van der Waals surface area contributed by atoms with Crippen LogP contribution in [0.25, 0.3) is 0 Å². The average Bonchev–Trinajstić information content (AvgIpc) is 2.27. The maximum Gasteiger partial charge on any atom is 0.349 e. The molecule has 0 aromatic rings. The number of carbonyl (C=O) groups is 3. The summed E-state index contributed by atoms with van der Waals surface area (Å²) in [6, 6.07) is 0. The second kappa shape index (κ2) is 8.12. The zero-order valence-corrected chi connectivity index (χ0v) is 9.35. The fourth-order valence-electron chi connectivity index (χ4n) is 0.742. The number of hydrogen-bond acceptors (Lipinski definition) is 5. The minimum atomic E-state index is -1.30. The average molecular weight is 261 g/mol. The zero-order chi connectivity index (χ0) is 13.3. The molecule has 0 aromatic heterocycles. The van der Waals surface area contributed by atoms with Crippen molar-refractivity contribution < 1.29 is 28.5 Å². The van der Waals surface area contributed by atoms with E-state index in [2.05, 4.69) is 15.6 Å². The number of esters is 1. The molecule has 0 saturated carbocycles. The van der Waals surface area contributed by atoms with Crippen LogP contribution in [0.3, 0.4) is 0 Å². The second-order valence-corrected chi connectivity index (χ2v) is 2.76. The predicted octanol–water partition coefficient (Wildman–Crippen LogP) is 1.33. The van der Waals surface area contributed by atoms with Crippen molar-refractivity contribution in [2.75, 3.05) is 0 Å². The van der Waals surface area contributed by atoms with Gasteiger partial charge in [0.05, 0.1) is 18.3 Å². The van der Waals surface area contributed by atoms with E-state index < -0.39 is 29.9 Å². The Labute approximate surface area is 102 Å². The van der Waals surface area contributed by atoms with Crippen LogP contribution in [0, 0.1) is 0 Å². The Morgan fingerprint density at radius 2 is 2.00 bits per heavy atom. The van der Waals surface area contributed by atoms with E-state index in [9.17, 15) is 14.4 Å². The summed E-state index contributed by atoms with van der Waals surface area (Å²) >= 11 is 4.74. The second-order valence-electron chi connectivity index (χ2n) is 2.61. The van der Waals surface area contributed by atoms with Gasteiger partial charge in [-0.15, -0.1) is 0 Å². The molecule has 0 aliphatic heterocycles. The summed E-state index contributed by atoms with van der Waals surface area (Å²) in [4.78, 5) is 32.5. The van der Waals surface area contributed by atoms with Crippen molar-refractivity contribution >= 4 is 29.8 Å². The van der Waals surface area contributed by atoms with Gasteiger partial charge in [-0.25, -0.2) is 9.59 Å².